The minimum Gasteiger partial charge on any atom is -0.342 e. The third kappa shape index (κ3) is 4.13. The summed E-state index contributed by atoms with van der Waals surface area (Å²) in [5.41, 5.74) is 0. The molecule has 3 nitrogen and oxygen atoms in total. The van der Waals surface area contributed by atoms with Gasteiger partial charge in [-0.1, -0.05) is 19.1 Å². The largest absolute Gasteiger partial charge is 0.342 e. The van der Waals surface area contributed by atoms with Crippen LogP contribution in [-0.4, -0.2) is 48.4 Å². The lowest BCUT2D eigenvalue weighted by Crippen LogP contribution is -2.46. The highest BCUT2D eigenvalue weighted by molar-refractivity contribution is 5.79. The minimum atomic E-state index is 0.302. The predicted molar refractivity (Wildman–Crippen MR) is 90.6 cm³/mol. The maximum Gasteiger partial charge on any atom is 0.225 e. The van der Waals surface area contributed by atoms with Gasteiger partial charge in [0, 0.05) is 25.6 Å². The highest BCUT2D eigenvalue weighted by atomic mass is 16.2. The van der Waals surface area contributed by atoms with Gasteiger partial charge in [-0.2, -0.15) is 0 Å². The molecule has 0 N–H and O–H groups in total. The van der Waals surface area contributed by atoms with Crippen molar-refractivity contribution in [2.24, 2.45) is 17.8 Å². The van der Waals surface area contributed by atoms with Gasteiger partial charge in [0.25, 0.3) is 0 Å². The van der Waals surface area contributed by atoms with Crippen LogP contribution in [0.25, 0.3) is 0 Å². The summed E-state index contributed by atoms with van der Waals surface area (Å²) in [5, 5.41) is 0. The van der Waals surface area contributed by atoms with Gasteiger partial charge in [0.15, 0.2) is 0 Å². The Balaban J connectivity index is 1.41. The first kappa shape index (κ1) is 16.0. The number of likely N-dealkylation sites (tertiary alicyclic amines) is 2. The molecule has 2 fully saturated rings. The zero-order valence-electron chi connectivity index (χ0n) is 14.2. The summed E-state index contributed by atoms with van der Waals surface area (Å²) < 4.78 is 0. The van der Waals surface area contributed by atoms with Crippen molar-refractivity contribution in [2.45, 2.75) is 51.9 Å². The van der Waals surface area contributed by atoms with Gasteiger partial charge in [0.05, 0.1) is 0 Å². The molecule has 1 amide bonds. The van der Waals surface area contributed by atoms with Crippen LogP contribution in [0.2, 0.25) is 0 Å². The van der Waals surface area contributed by atoms with Gasteiger partial charge in [-0.15, -0.1) is 0 Å². The monoisotopic (exact) mass is 304 g/mol. The second-order valence-electron chi connectivity index (χ2n) is 7.73. The van der Waals surface area contributed by atoms with Crippen LogP contribution < -0.4 is 0 Å². The van der Waals surface area contributed by atoms with E-state index in [9.17, 15) is 4.79 Å². The first-order chi connectivity index (χ1) is 10.7. The second kappa shape index (κ2) is 7.63. The van der Waals surface area contributed by atoms with Crippen LogP contribution in [0.3, 0.4) is 0 Å². The number of amides is 1. The van der Waals surface area contributed by atoms with Crippen molar-refractivity contribution in [3.8, 4) is 0 Å². The lowest BCUT2D eigenvalue weighted by atomic mass is 9.90. The fraction of sp³-hybridized carbons (Fsp3) is 0.842. The maximum absolute atomic E-state index is 12.7. The Hall–Kier alpha value is -0.830. The van der Waals surface area contributed by atoms with E-state index in [1.807, 2.05) is 0 Å². The van der Waals surface area contributed by atoms with Gasteiger partial charge in [-0.3, -0.25) is 4.79 Å². The fourth-order valence-electron chi connectivity index (χ4n) is 4.24. The molecular weight excluding hydrogens is 272 g/mol. The molecule has 0 saturated carbocycles. The number of hydrogen-bond acceptors (Lipinski definition) is 2. The average molecular weight is 304 g/mol. The van der Waals surface area contributed by atoms with Gasteiger partial charge in [0.2, 0.25) is 5.91 Å². The zero-order valence-corrected chi connectivity index (χ0v) is 14.2. The Morgan fingerprint density at radius 1 is 1.00 bits per heavy atom. The third-order valence-corrected chi connectivity index (χ3v) is 5.93. The Morgan fingerprint density at radius 2 is 1.73 bits per heavy atom. The molecule has 1 atom stereocenters. The molecular formula is C19H32N2O. The van der Waals surface area contributed by atoms with Crippen LogP contribution in [0.5, 0.6) is 0 Å². The van der Waals surface area contributed by atoms with Crippen LogP contribution >= 0.6 is 0 Å². The van der Waals surface area contributed by atoms with Crippen molar-refractivity contribution in [1.82, 2.24) is 9.80 Å². The number of rotatable bonds is 3. The number of nitrogens with zero attached hydrogens (tertiary/aromatic N) is 2. The van der Waals surface area contributed by atoms with Crippen LogP contribution in [0.4, 0.5) is 0 Å². The van der Waals surface area contributed by atoms with Crippen molar-refractivity contribution in [3.05, 3.63) is 12.2 Å². The molecule has 3 aliphatic rings. The van der Waals surface area contributed by atoms with E-state index >= 15 is 0 Å². The van der Waals surface area contributed by atoms with E-state index < -0.39 is 0 Å². The molecule has 0 unspecified atom stereocenters. The summed E-state index contributed by atoms with van der Waals surface area (Å²) in [6, 6.07) is 0. The van der Waals surface area contributed by atoms with E-state index in [4.69, 9.17) is 0 Å². The predicted octanol–water partition coefficient (Wildman–Crippen LogP) is 3.31. The molecule has 0 bridgehead atoms. The first-order valence-corrected chi connectivity index (χ1v) is 9.38. The lowest BCUT2D eigenvalue weighted by Gasteiger charge is -2.37. The molecule has 2 saturated heterocycles. The van der Waals surface area contributed by atoms with Crippen LogP contribution in [0, 0.1) is 17.8 Å². The summed E-state index contributed by atoms with van der Waals surface area (Å²) in [7, 11) is 0. The number of allylic oxidation sites excluding steroid dienone is 2. The van der Waals surface area contributed by atoms with E-state index in [1.54, 1.807) is 0 Å². The molecule has 3 heteroatoms. The van der Waals surface area contributed by atoms with Crippen LogP contribution in [-0.2, 0) is 4.79 Å². The van der Waals surface area contributed by atoms with Gasteiger partial charge < -0.3 is 9.80 Å². The Morgan fingerprint density at radius 3 is 2.36 bits per heavy atom. The van der Waals surface area contributed by atoms with Gasteiger partial charge >= 0.3 is 0 Å². The van der Waals surface area contributed by atoms with Crippen molar-refractivity contribution in [1.29, 1.82) is 0 Å². The molecule has 2 heterocycles. The molecule has 22 heavy (non-hydrogen) atoms. The summed E-state index contributed by atoms with van der Waals surface area (Å²) in [5.74, 6) is 2.40. The smallest absolute Gasteiger partial charge is 0.225 e. The van der Waals surface area contributed by atoms with E-state index in [0.717, 1.165) is 50.9 Å². The third-order valence-electron chi connectivity index (χ3n) is 5.93. The van der Waals surface area contributed by atoms with Crippen molar-refractivity contribution < 1.29 is 4.79 Å². The molecule has 124 valence electrons. The fourth-order valence-corrected chi connectivity index (χ4v) is 4.24. The molecule has 0 aromatic rings. The van der Waals surface area contributed by atoms with Crippen molar-refractivity contribution >= 4 is 5.91 Å². The van der Waals surface area contributed by atoms with Gasteiger partial charge in [-0.05, 0) is 69.9 Å². The van der Waals surface area contributed by atoms with Crippen molar-refractivity contribution in [3.63, 3.8) is 0 Å². The average Bonchev–Trinajstić information content (AvgIpc) is 2.57. The lowest BCUT2D eigenvalue weighted by molar-refractivity contribution is -0.138. The Kier molecular flexibility index (Phi) is 5.56. The number of piperidine rings is 2. The number of carbonyl (C=O) groups is 1. The van der Waals surface area contributed by atoms with Crippen molar-refractivity contribution in [2.75, 3.05) is 32.7 Å². The zero-order chi connectivity index (χ0) is 15.4. The molecule has 0 radical (unpaired) electrons. The van der Waals surface area contributed by atoms with Gasteiger partial charge in [0.1, 0.15) is 0 Å². The molecule has 2 aliphatic heterocycles. The highest BCUT2D eigenvalue weighted by Crippen LogP contribution is 2.26. The molecule has 1 aliphatic carbocycles. The van der Waals surface area contributed by atoms with E-state index in [-0.39, 0.29) is 0 Å². The van der Waals surface area contributed by atoms with Crippen LogP contribution in [0.1, 0.15) is 51.9 Å². The SMILES string of the molecule is CC1CCN(C(=O)C2CCN(C[C@@H]3CC=CCC3)CC2)CC1. The van der Waals surface area contributed by atoms with Crippen LogP contribution in [0.15, 0.2) is 12.2 Å². The second-order valence-corrected chi connectivity index (χ2v) is 7.73. The topological polar surface area (TPSA) is 23.6 Å². The molecule has 3 rings (SSSR count). The van der Waals surface area contributed by atoms with Gasteiger partial charge in [-0.25, -0.2) is 0 Å². The Bertz CT molecular complexity index is 390. The summed E-state index contributed by atoms with van der Waals surface area (Å²) in [4.78, 5) is 17.4. The summed E-state index contributed by atoms with van der Waals surface area (Å²) >= 11 is 0. The standard InChI is InChI=1S/C19H32N2O/c1-16-7-13-21(14-8-16)19(22)18-9-11-20(12-10-18)15-17-5-3-2-4-6-17/h2-3,16-18H,4-15H2,1H3/t17-/m1/s1. The minimum absolute atomic E-state index is 0.302. The number of hydrogen-bond donors (Lipinski definition) is 0. The highest BCUT2D eigenvalue weighted by Gasteiger charge is 2.30. The quantitative estimate of drug-likeness (QED) is 0.747. The summed E-state index contributed by atoms with van der Waals surface area (Å²) in [6.45, 7) is 7.79. The van der Waals surface area contributed by atoms with E-state index in [2.05, 4.69) is 28.9 Å². The maximum atomic E-state index is 12.7. The molecule has 0 aromatic heterocycles. The summed E-state index contributed by atoms with van der Waals surface area (Å²) in [6.07, 6.45) is 13.1. The molecule has 0 aromatic carbocycles. The Labute approximate surface area is 135 Å². The van der Waals surface area contributed by atoms with E-state index in [1.165, 1.54) is 38.6 Å². The molecule has 0 spiro atoms. The number of carbonyl (C=O) groups excluding carboxylic acids is 1. The van der Waals surface area contributed by atoms with E-state index in [0.29, 0.717) is 11.8 Å². The normalized spacial score (nSPS) is 29.0. The first-order valence-electron chi connectivity index (χ1n) is 9.38.